The average molecular weight is 291 g/mol. The lowest BCUT2D eigenvalue weighted by molar-refractivity contribution is 0.198. The van der Waals surface area contributed by atoms with Crippen molar-refractivity contribution < 1.29 is 4.74 Å². The minimum atomic E-state index is 0.778. The number of methoxy groups -OCH3 is 1. The highest BCUT2D eigenvalue weighted by atomic mass is 32.1. The van der Waals surface area contributed by atoms with Crippen LogP contribution in [0, 0.1) is 5.92 Å². The van der Waals surface area contributed by atoms with Crippen molar-refractivity contribution in [3.63, 3.8) is 0 Å². The van der Waals surface area contributed by atoms with Crippen LogP contribution in [0.5, 0.6) is 0 Å². The van der Waals surface area contributed by atoms with Crippen molar-refractivity contribution in [1.29, 1.82) is 0 Å². The number of rotatable bonds is 5. The van der Waals surface area contributed by atoms with Gasteiger partial charge in [0.15, 0.2) is 0 Å². The van der Waals surface area contributed by atoms with Crippen molar-refractivity contribution in [2.75, 3.05) is 25.6 Å². The average Bonchev–Trinajstić information content (AvgIpc) is 2.81. The molecule has 1 aliphatic rings. The summed E-state index contributed by atoms with van der Waals surface area (Å²) in [5.41, 5.74) is 1.48. The van der Waals surface area contributed by atoms with Crippen molar-refractivity contribution in [2.24, 2.45) is 5.92 Å². The first-order valence-corrected chi connectivity index (χ1v) is 8.09. The van der Waals surface area contributed by atoms with Crippen molar-refractivity contribution >= 4 is 27.4 Å². The van der Waals surface area contributed by atoms with Crippen LogP contribution in [0.2, 0.25) is 0 Å². The summed E-state index contributed by atoms with van der Waals surface area (Å²) in [5.74, 6) is 1.79. The molecule has 0 saturated heterocycles. The summed E-state index contributed by atoms with van der Waals surface area (Å²) >= 11 is 1.85. The molecule has 0 unspecified atom stereocenters. The van der Waals surface area contributed by atoms with E-state index in [1.54, 1.807) is 13.4 Å². The van der Waals surface area contributed by atoms with Gasteiger partial charge in [-0.2, -0.15) is 0 Å². The number of hydrogen-bond acceptors (Lipinski definition) is 5. The maximum Gasteiger partial charge on any atom is 0.138 e. The van der Waals surface area contributed by atoms with E-state index in [1.165, 1.54) is 28.7 Å². The van der Waals surface area contributed by atoms with Gasteiger partial charge in [-0.15, -0.1) is 11.3 Å². The molecule has 0 amide bonds. The van der Waals surface area contributed by atoms with Gasteiger partial charge >= 0.3 is 0 Å². The minimum absolute atomic E-state index is 0.778. The van der Waals surface area contributed by atoms with Gasteiger partial charge in [0.25, 0.3) is 0 Å². The fourth-order valence-electron chi connectivity index (χ4n) is 2.83. The van der Waals surface area contributed by atoms with Gasteiger partial charge in [-0.25, -0.2) is 9.97 Å². The highest BCUT2D eigenvalue weighted by Crippen LogP contribution is 2.39. The third kappa shape index (κ3) is 2.65. The number of aryl methyl sites for hydroxylation is 1. The van der Waals surface area contributed by atoms with E-state index in [2.05, 4.69) is 22.2 Å². The lowest BCUT2D eigenvalue weighted by atomic mass is 9.89. The maximum atomic E-state index is 5.08. The predicted octanol–water partition coefficient (Wildman–Crippen LogP) is 3.26. The third-order valence-electron chi connectivity index (χ3n) is 3.91. The van der Waals surface area contributed by atoms with Crippen molar-refractivity contribution in [1.82, 2.24) is 9.97 Å². The zero-order valence-electron chi connectivity index (χ0n) is 12.1. The molecule has 0 bridgehead atoms. The molecule has 5 heteroatoms. The first kappa shape index (κ1) is 13.8. The van der Waals surface area contributed by atoms with E-state index in [9.17, 15) is 0 Å². The number of nitrogens with one attached hydrogen (secondary N) is 1. The monoisotopic (exact) mass is 291 g/mol. The summed E-state index contributed by atoms with van der Waals surface area (Å²) in [5, 5.41) is 4.71. The third-order valence-corrected chi connectivity index (χ3v) is 5.07. The van der Waals surface area contributed by atoms with Crippen LogP contribution in [0.3, 0.4) is 0 Å². The Labute approximate surface area is 123 Å². The van der Waals surface area contributed by atoms with Gasteiger partial charge in [-0.3, -0.25) is 0 Å². The van der Waals surface area contributed by atoms with E-state index in [4.69, 9.17) is 4.74 Å². The normalized spacial score (nSPS) is 18.2. The van der Waals surface area contributed by atoms with Gasteiger partial charge < -0.3 is 10.1 Å². The van der Waals surface area contributed by atoms with E-state index >= 15 is 0 Å². The van der Waals surface area contributed by atoms with Crippen LogP contribution in [-0.4, -0.2) is 30.2 Å². The van der Waals surface area contributed by atoms with Gasteiger partial charge in [0.2, 0.25) is 0 Å². The Kier molecular flexibility index (Phi) is 4.17. The molecule has 2 heterocycles. The van der Waals surface area contributed by atoms with Gasteiger partial charge in [0, 0.05) is 25.1 Å². The molecule has 0 fully saturated rings. The molecule has 1 aliphatic carbocycles. The molecule has 20 heavy (non-hydrogen) atoms. The highest BCUT2D eigenvalue weighted by molar-refractivity contribution is 7.19. The molecular formula is C15H21N3OS. The van der Waals surface area contributed by atoms with Crippen LogP contribution in [0.25, 0.3) is 10.2 Å². The zero-order chi connectivity index (χ0) is 13.9. The van der Waals surface area contributed by atoms with Gasteiger partial charge in [-0.1, -0.05) is 6.92 Å². The SMILES string of the molecule is COCCCNc1ncnc2sc3c(c12)CC[C@@H](C)C3. The molecule has 1 atom stereocenters. The molecule has 3 rings (SSSR count). The van der Waals surface area contributed by atoms with E-state index in [0.717, 1.165) is 42.6 Å². The molecule has 0 aromatic carbocycles. The number of aromatic nitrogens is 2. The number of anilines is 1. The second-order valence-electron chi connectivity index (χ2n) is 5.53. The van der Waals surface area contributed by atoms with Crippen LogP contribution < -0.4 is 5.32 Å². The van der Waals surface area contributed by atoms with Crippen molar-refractivity contribution in [3.8, 4) is 0 Å². The molecule has 0 aliphatic heterocycles. The number of fused-ring (bicyclic) bond motifs is 3. The smallest absolute Gasteiger partial charge is 0.138 e. The molecule has 0 saturated carbocycles. The molecule has 2 aromatic heterocycles. The van der Waals surface area contributed by atoms with Crippen LogP contribution in [0.4, 0.5) is 5.82 Å². The zero-order valence-corrected chi connectivity index (χ0v) is 12.9. The van der Waals surface area contributed by atoms with E-state index < -0.39 is 0 Å². The lowest BCUT2D eigenvalue weighted by Gasteiger charge is -2.18. The van der Waals surface area contributed by atoms with Crippen LogP contribution >= 0.6 is 11.3 Å². The Morgan fingerprint density at radius 2 is 2.35 bits per heavy atom. The first-order valence-electron chi connectivity index (χ1n) is 7.27. The molecule has 1 N–H and O–H groups in total. The summed E-state index contributed by atoms with van der Waals surface area (Å²) in [6.45, 7) is 4.00. The molecule has 2 aromatic rings. The molecule has 0 spiro atoms. The summed E-state index contributed by atoms with van der Waals surface area (Å²) in [6, 6.07) is 0. The van der Waals surface area contributed by atoms with E-state index in [-0.39, 0.29) is 0 Å². The van der Waals surface area contributed by atoms with Gasteiger partial charge in [-0.05, 0) is 37.2 Å². The minimum Gasteiger partial charge on any atom is -0.385 e. The second kappa shape index (κ2) is 6.06. The molecule has 0 radical (unpaired) electrons. The largest absolute Gasteiger partial charge is 0.385 e. The fraction of sp³-hybridized carbons (Fsp3) is 0.600. The second-order valence-corrected chi connectivity index (χ2v) is 6.61. The Morgan fingerprint density at radius 3 is 3.20 bits per heavy atom. The molecular weight excluding hydrogens is 270 g/mol. The van der Waals surface area contributed by atoms with Gasteiger partial charge in [0.05, 0.1) is 5.39 Å². The quantitative estimate of drug-likeness (QED) is 0.859. The van der Waals surface area contributed by atoms with Crippen LogP contribution in [0.1, 0.15) is 30.2 Å². The van der Waals surface area contributed by atoms with E-state index in [1.807, 2.05) is 11.3 Å². The van der Waals surface area contributed by atoms with Crippen LogP contribution in [-0.2, 0) is 17.6 Å². The fourth-order valence-corrected chi connectivity index (χ4v) is 4.18. The van der Waals surface area contributed by atoms with Crippen LogP contribution in [0.15, 0.2) is 6.33 Å². The Hall–Kier alpha value is -1.20. The van der Waals surface area contributed by atoms with Crippen molar-refractivity contribution in [3.05, 3.63) is 16.8 Å². The standard InChI is InChI=1S/C15H21N3OS/c1-10-4-5-11-12(8-10)20-15-13(11)14(17-9-18-15)16-6-3-7-19-2/h9-10H,3-8H2,1-2H3,(H,16,17,18)/t10-/m1/s1. The Morgan fingerprint density at radius 1 is 1.45 bits per heavy atom. The maximum absolute atomic E-state index is 5.08. The number of nitrogens with zero attached hydrogens (tertiary/aromatic N) is 2. The summed E-state index contributed by atoms with van der Waals surface area (Å²) in [7, 11) is 1.74. The van der Waals surface area contributed by atoms with E-state index in [0.29, 0.717) is 0 Å². The number of hydrogen-bond donors (Lipinski definition) is 1. The number of thiophene rings is 1. The highest BCUT2D eigenvalue weighted by Gasteiger charge is 2.22. The summed E-state index contributed by atoms with van der Waals surface area (Å²) < 4.78 is 5.08. The first-order chi connectivity index (χ1) is 9.79. The Balaban J connectivity index is 1.89. The Bertz CT molecular complexity index is 596. The number of ether oxygens (including phenoxy) is 1. The van der Waals surface area contributed by atoms with Crippen molar-refractivity contribution in [2.45, 2.75) is 32.6 Å². The summed E-state index contributed by atoms with van der Waals surface area (Å²) in [4.78, 5) is 11.6. The molecule has 108 valence electrons. The molecule has 4 nitrogen and oxygen atoms in total. The lowest BCUT2D eigenvalue weighted by Crippen LogP contribution is -2.10. The predicted molar refractivity (Wildman–Crippen MR) is 83.6 cm³/mol. The summed E-state index contributed by atoms with van der Waals surface area (Å²) in [6.07, 6.45) is 6.30. The topological polar surface area (TPSA) is 47.0 Å². The van der Waals surface area contributed by atoms with Gasteiger partial charge in [0.1, 0.15) is 17.0 Å².